The molecule has 0 fully saturated rings. The van der Waals surface area contributed by atoms with Gasteiger partial charge in [-0.1, -0.05) is 88.7 Å². The van der Waals surface area contributed by atoms with Gasteiger partial charge < -0.3 is 5.11 Å². The average molecular weight is 438 g/mol. The molecule has 3 rings (SSSR count). The van der Waals surface area contributed by atoms with Crippen LogP contribution < -0.4 is 0 Å². The summed E-state index contributed by atoms with van der Waals surface area (Å²) in [6, 6.07) is 28.2. The van der Waals surface area contributed by atoms with E-state index in [4.69, 9.17) is 0 Å². The minimum atomic E-state index is -0.800. The van der Waals surface area contributed by atoms with Gasteiger partial charge in [0.15, 0.2) is 0 Å². The maximum absolute atomic E-state index is 11.7. The van der Waals surface area contributed by atoms with Crippen molar-refractivity contribution in [2.45, 2.75) is 32.0 Å². The molecule has 1 N–H and O–H groups in total. The summed E-state index contributed by atoms with van der Waals surface area (Å²) in [5.41, 5.74) is 3.34. The summed E-state index contributed by atoms with van der Waals surface area (Å²) in [4.78, 5) is 14.0. The van der Waals surface area contributed by atoms with E-state index < -0.39 is 5.97 Å². The molecule has 0 radical (unpaired) electrons. The Kier molecular flexibility index (Phi) is 7.01. The predicted molar refractivity (Wildman–Crippen MR) is 116 cm³/mol. The Morgan fingerprint density at radius 1 is 0.893 bits per heavy atom. The summed E-state index contributed by atoms with van der Waals surface area (Å²) in [6.45, 7) is 2.82. The van der Waals surface area contributed by atoms with Gasteiger partial charge >= 0.3 is 5.97 Å². The molecule has 0 unspecified atom stereocenters. The molecule has 3 nitrogen and oxygen atoms in total. The van der Waals surface area contributed by atoms with Crippen LogP contribution in [0.5, 0.6) is 0 Å². The van der Waals surface area contributed by atoms with Gasteiger partial charge in [-0.2, -0.15) is 0 Å². The first-order valence-electron chi connectivity index (χ1n) is 9.36. The molecule has 0 heterocycles. The topological polar surface area (TPSA) is 40.5 Å². The van der Waals surface area contributed by atoms with E-state index in [2.05, 4.69) is 52.0 Å². The molecular formula is C24H24BrNO2. The molecule has 28 heavy (non-hydrogen) atoms. The number of carbonyl (C=O) groups is 1. The number of halogens is 1. The maximum Gasteiger partial charge on any atom is 0.305 e. The lowest BCUT2D eigenvalue weighted by Crippen LogP contribution is -2.32. The highest BCUT2D eigenvalue weighted by atomic mass is 79.9. The van der Waals surface area contributed by atoms with Gasteiger partial charge in [-0.15, -0.1) is 0 Å². The van der Waals surface area contributed by atoms with Crippen LogP contribution >= 0.6 is 15.9 Å². The largest absolute Gasteiger partial charge is 0.481 e. The standard InChI is InChI=1S/C24H24BrNO2/c1-18(20-10-6-3-7-11-20)26(17-19-8-4-2-5-9-19)23(16-24(27)28)21-12-14-22(25)15-13-21/h2-15,18,23H,16-17H2,1H3,(H,27,28)/t18-,23+/m1/s1. The normalized spacial score (nSPS) is 13.2. The third-order valence-electron chi connectivity index (χ3n) is 5.01. The Balaban J connectivity index is 2.02. The van der Waals surface area contributed by atoms with Crippen LogP contribution in [0.3, 0.4) is 0 Å². The molecule has 3 aromatic rings. The van der Waals surface area contributed by atoms with Crippen LogP contribution in [0.1, 0.15) is 42.1 Å². The number of rotatable bonds is 8. The lowest BCUT2D eigenvalue weighted by Gasteiger charge is -2.36. The van der Waals surface area contributed by atoms with Crippen LogP contribution in [0, 0.1) is 0 Å². The summed E-state index contributed by atoms with van der Waals surface area (Å²) in [6.07, 6.45) is 0.0473. The SMILES string of the molecule is C[C@H](c1ccccc1)N(Cc1ccccc1)[C@@H](CC(=O)O)c1ccc(Br)cc1. The summed E-state index contributed by atoms with van der Waals surface area (Å²) in [5.74, 6) is -0.800. The van der Waals surface area contributed by atoms with E-state index in [0.29, 0.717) is 6.54 Å². The Morgan fingerprint density at radius 2 is 1.46 bits per heavy atom. The van der Waals surface area contributed by atoms with Gasteiger partial charge in [0.1, 0.15) is 0 Å². The summed E-state index contributed by atoms with van der Waals surface area (Å²) in [5, 5.41) is 9.63. The van der Waals surface area contributed by atoms with Crippen molar-refractivity contribution in [2.75, 3.05) is 0 Å². The number of hydrogen-bond acceptors (Lipinski definition) is 2. The van der Waals surface area contributed by atoms with E-state index >= 15 is 0 Å². The molecule has 0 spiro atoms. The number of nitrogens with zero attached hydrogens (tertiary/aromatic N) is 1. The van der Waals surface area contributed by atoms with Gasteiger partial charge in [-0.25, -0.2) is 0 Å². The van der Waals surface area contributed by atoms with Crippen molar-refractivity contribution in [3.63, 3.8) is 0 Å². The van der Waals surface area contributed by atoms with E-state index in [9.17, 15) is 9.90 Å². The van der Waals surface area contributed by atoms with Gasteiger partial charge in [0.2, 0.25) is 0 Å². The van der Waals surface area contributed by atoms with Crippen molar-refractivity contribution in [1.82, 2.24) is 4.90 Å². The van der Waals surface area contributed by atoms with Crippen LogP contribution in [0.15, 0.2) is 89.4 Å². The number of carboxylic acids is 1. The lowest BCUT2D eigenvalue weighted by molar-refractivity contribution is -0.138. The minimum absolute atomic E-state index is 0.0473. The Bertz CT molecular complexity index is 881. The van der Waals surface area contributed by atoms with Crippen molar-refractivity contribution < 1.29 is 9.90 Å². The van der Waals surface area contributed by atoms with Gasteiger partial charge in [0.05, 0.1) is 6.42 Å². The molecule has 0 aliphatic carbocycles. The van der Waals surface area contributed by atoms with Crippen LogP contribution in [-0.2, 0) is 11.3 Å². The van der Waals surface area contributed by atoms with Crippen LogP contribution in [0.2, 0.25) is 0 Å². The second kappa shape index (κ2) is 9.67. The summed E-state index contributed by atoms with van der Waals surface area (Å²) in [7, 11) is 0. The zero-order valence-corrected chi connectivity index (χ0v) is 17.4. The molecule has 0 saturated heterocycles. The second-order valence-corrected chi connectivity index (χ2v) is 7.83. The van der Waals surface area contributed by atoms with Gasteiger partial charge in [0, 0.05) is 23.1 Å². The molecule has 144 valence electrons. The second-order valence-electron chi connectivity index (χ2n) is 6.91. The summed E-state index contributed by atoms with van der Waals surface area (Å²) < 4.78 is 0.982. The van der Waals surface area contributed by atoms with Crippen molar-refractivity contribution in [3.8, 4) is 0 Å². The highest BCUT2D eigenvalue weighted by Crippen LogP contribution is 2.35. The Morgan fingerprint density at radius 3 is 2.04 bits per heavy atom. The quantitative estimate of drug-likeness (QED) is 0.453. The molecule has 0 bridgehead atoms. The number of hydrogen-bond donors (Lipinski definition) is 1. The molecule has 0 saturated carbocycles. The van der Waals surface area contributed by atoms with E-state index in [1.807, 2.05) is 60.7 Å². The first-order valence-corrected chi connectivity index (χ1v) is 10.2. The first kappa shape index (κ1) is 20.3. The lowest BCUT2D eigenvalue weighted by atomic mass is 9.96. The fraction of sp³-hybridized carbons (Fsp3) is 0.208. The smallest absolute Gasteiger partial charge is 0.305 e. The number of aliphatic carboxylic acids is 1. The van der Waals surface area contributed by atoms with Crippen molar-refractivity contribution >= 4 is 21.9 Å². The monoisotopic (exact) mass is 437 g/mol. The van der Waals surface area contributed by atoms with Gasteiger partial charge in [0.25, 0.3) is 0 Å². The van der Waals surface area contributed by atoms with E-state index in [1.54, 1.807) is 0 Å². The highest BCUT2D eigenvalue weighted by molar-refractivity contribution is 9.10. The van der Waals surface area contributed by atoms with E-state index in [-0.39, 0.29) is 18.5 Å². The molecule has 2 atom stereocenters. The molecule has 0 amide bonds. The van der Waals surface area contributed by atoms with E-state index in [0.717, 1.165) is 15.6 Å². The third-order valence-corrected chi connectivity index (χ3v) is 5.54. The predicted octanol–water partition coefficient (Wildman–Crippen LogP) is 6.23. The van der Waals surface area contributed by atoms with Gasteiger partial charge in [-0.3, -0.25) is 9.69 Å². The average Bonchev–Trinajstić information content (AvgIpc) is 2.72. The maximum atomic E-state index is 11.7. The summed E-state index contributed by atoms with van der Waals surface area (Å²) >= 11 is 3.47. The van der Waals surface area contributed by atoms with Crippen LogP contribution in [-0.4, -0.2) is 16.0 Å². The third kappa shape index (κ3) is 5.31. The highest BCUT2D eigenvalue weighted by Gasteiger charge is 2.28. The Labute approximate surface area is 174 Å². The van der Waals surface area contributed by atoms with E-state index in [1.165, 1.54) is 5.56 Å². The zero-order valence-electron chi connectivity index (χ0n) is 15.8. The van der Waals surface area contributed by atoms with Gasteiger partial charge in [-0.05, 0) is 35.7 Å². The fourth-order valence-corrected chi connectivity index (χ4v) is 3.78. The Hall–Kier alpha value is -2.43. The molecule has 4 heteroatoms. The molecular weight excluding hydrogens is 414 g/mol. The van der Waals surface area contributed by atoms with Crippen LogP contribution in [0.25, 0.3) is 0 Å². The number of carboxylic acid groups (broad SMARTS) is 1. The molecule has 0 aliphatic heterocycles. The minimum Gasteiger partial charge on any atom is -0.481 e. The molecule has 0 aliphatic rings. The van der Waals surface area contributed by atoms with Crippen molar-refractivity contribution in [2.24, 2.45) is 0 Å². The zero-order chi connectivity index (χ0) is 19.9. The van der Waals surface area contributed by atoms with Crippen molar-refractivity contribution in [3.05, 3.63) is 106 Å². The first-order chi connectivity index (χ1) is 13.5. The fourth-order valence-electron chi connectivity index (χ4n) is 3.51. The number of benzene rings is 3. The molecule has 3 aromatic carbocycles. The van der Waals surface area contributed by atoms with Crippen LogP contribution in [0.4, 0.5) is 0 Å². The molecule has 0 aromatic heterocycles. The van der Waals surface area contributed by atoms with Crippen molar-refractivity contribution in [1.29, 1.82) is 0 Å².